The van der Waals surface area contributed by atoms with Gasteiger partial charge in [0.1, 0.15) is 5.58 Å². The van der Waals surface area contributed by atoms with E-state index in [1.54, 1.807) is 0 Å². The van der Waals surface area contributed by atoms with Gasteiger partial charge in [0.05, 0.1) is 11.3 Å². The highest BCUT2D eigenvalue weighted by Crippen LogP contribution is 2.55. The molecule has 0 saturated heterocycles. The summed E-state index contributed by atoms with van der Waals surface area (Å²) in [5.74, 6) is 0. The van der Waals surface area contributed by atoms with Crippen LogP contribution >= 0.6 is 0 Å². The van der Waals surface area contributed by atoms with Gasteiger partial charge in [0, 0.05) is 33.8 Å². The van der Waals surface area contributed by atoms with E-state index >= 15 is 0 Å². The van der Waals surface area contributed by atoms with Crippen LogP contribution in [0, 0.1) is 13.8 Å². The third-order valence-electron chi connectivity index (χ3n) is 17.1. The first-order chi connectivity index (χ1) is 30.4. The van der Waals surface area contributed by atoms with Crippen molar-refractivity contribution in [2.24, 2.45) is 0 Å². The molecule has 10 rings (SSSR count). The molecule has 0 saturated carbocycles. The third kappa shape index (κ3) is 6.71. The van der Waals surface area contributed by atoms with Crippen LogP contribution in [-0.2, 0) is 37.9 Å². The van der Waals surface area contributed by atoms with Crippen molar-refractivity contribution in [1.82, 2.24) is 0 Å². The van der Waals surface area contributed by atoms with Crippen LogP contribution in [0.15, 0.2) is 77.2 Å². The van der Waals surface area contributed by atoms with E-state index in [9.17, 15) is 0 Å². The molecular formula is C62H77BN2O. The van der Waals surface area contributed by atoms with Gasteiger partial charge in [-0.25, -0.2) is 0 Å². The van der Waals surface area contributed by atoms with Crippen molar-refractivity contribution in [3.8, 4) is 0 Å². The van der Waals surface area contributed by atoms with Gasteiger partial charge in [-0.15, -0.1) is 0 Å². The van der Waals surface area contributed by atoms with Crippen molar-refractivity contribution in [1.29, 1.82) is 0 Å². The molecule has 1 aromatic heterocycles. The van der Waals surface area contributed by atoms with Crippen LogP contribution in [0.4, 0.5) is 34.1 Å². The summed E-state index contributed by atoms with van der Waals surface area (Å²) >= 11 is 0. The monoisotopic (exact) mass is 877 g/mol. The first-order valence-electron chi connectivity index (χ1n) is 25.2. The Morgan fingerprint density at radius 1 is 0.455 bits per heavy atom. The third-order valence-corrected chi connectivity index (χ3v) is 17.1. The van der Waals surface area contributed by atoms with Gasteiger partial charge in [-0.2, -0.15) is 0 Å². The maximum Gasteiger partial charge on any atom is 0.297 e. The van der Waals surface area contributed by atoms with E-state index in [-0.39, 0.29) is 44.6 Å². The lowest BCUT2D eigenvalue weighted by atomic mass is 9.35. The van der Waals surface area contributed by atoms with Crippen molar-refractivity contribution >= 4 is 68.4 Å². The molecule has 5 aromatic carbocycles. The van der Waals surface area contributed by atoms with Gasteiger partial charge in [-0.3, -0.25) is 0 Å². The first kappa shape index (κ1) is 45.1. The second-order valence-corrected chi connectivity index (χ2v) is 27.0. The van der Waals surface area contributed by atoms with Crippen molar-refractivity contribution in [3.05, 3.63) is 123 Å². The smallest absolute Gasteiger partial charge is 0.297 e. The molecule has 2 aliphatic heterocycles. The molecule has 66 heavy (non-hydrogen) atoms. The molecule has 3 heterocycles. The highest BCUT2D eigenvalue weighted by molar-refractivity contribution is 7.00. The number of rotatable bonds is 2. The van der Waals surface area contributed by atoms with Crippen molar-refractivity contribution in [3.63, 3.8) is 0 Å². The summed E-state index contributed by atoms with van der Waals surface area (Å²) in [7, 11) is 0. The van der Waals surface area contributed by atoms with Gasteiger partial charge >= 0.3 is 0 Å². The molecule has 2 aliphatic carbocycles. The van der Waals surface area contributed by atoms with E-state index < -0.39 is 0 Å². The van der Waals surface area contributed by atoms with E-state index in [1.165, 1.54) is 113 Å². The summed E-state index contributed by atoms with van der Waals surface area (Å²) in [6, 6.07) is 29.8. The second kappa shape index (κ2) is 13.9. The summed E-state index contributed by atoms with van der Waals surface area (Å²) in [6.45, 7) is 45.4. The number of hydrogen-bond donors (Lipinski definition) is 0. The molecule has 0 unspecified atom stereocenters. The number of anilines is 6. The zero-order valence-corrected chi connectivity index (χ0v) is 44.1. The largest absolute Gasteiger partial charge is 0.468 e. The summed E-state index contributed by atoms with van der Waals surface area (Å²) in [5, 5.41) is 1.23. The Kier molecular flexibility index (Phi) is 9.53. The van der Waals surface area contributed by atoms with Crippen LogP contribution < -0.4 is 26.4 Å². The van der Waals surface area contributed by atoms with Gasteiger partial charge in [0.15, 0.2) is 0 Å². The maximum absolute atomic E-state index is 7.68. The number of benzene rings is 5. The molecule has 0 N–H and O–H groups in total. The minimum Gasteiger partial charge on any atom is -0.468 e. The zero-order chi connectivity index (χ0) is 47.8. The van der Waals surface area contributed by atoms with Crippen molar-refractivity contribution < 1.29 is 4.42 Å². The van der Waals surface area contributed by atoms with E-state index in [0.717, 1.165) is 24.1 Å². The first-order valence-corrected chi connectivity index (χ1v) is 25.2. The fourth-order valence-electron chi connectivity index (χ4n) is 12.3. The van der Waals surface area contributed by atoms with Crippen molar-refractivity contribution in [2.75, 3.05) is 9.80 Å². The molecule has 0 fully saturated rings. The number of hydrogen-bond acceptors (Lipinski definition) is 3. The van der Waals surface area contributed by atoms with E-state index in [0.29, 0.717) is 0 Å². The van der Waals surface area contributed by atoms with Gasteiger partial charge in [0.25, 0.3) is 6.71 Å². The predicted molar refractivity (Wildman–Crippen MR) is 286 cm³/mol. The molecule has 0 bridgehead atoms. The molecule has 0 atom stereocenters. The van der Waals surface area contributed by atoms with Gasteiger partial charge in [0.2, 0.25) is 0 Å². The molecule has 344 valence electrons. The Labute approximate surface area is 398 Å². The SMILES string of the molecule is Cc1cc(C(C)(C)C)ccc1N1c2ccc(C(C)(C)C)cc2B2c3oc4cc5c(cc4c3N(c3cc4c(cc3C)C(C)(C)CCC4(C)C)c3cc(C(C)(C)C)cc1c32)C(C)(C)CCC5(C)C. The number of aryl methyl sites for hydroxylation is 2. The summed E-state index contributed by atoms with van der Waals surface area (Å²) in [5.41, 5.74) is 24.8. The molecule has 4 heteroatoms. The average Bonchev–Trinajstić information content (AvgIpc) is 3.58. The van der Waals surface area contributed by atoms with Crippen molar-refractivity contribution in [2.45, 2.75) is 195 Å². The highest BCUT2D eigenvalue weighted by Gasteiger charge is 2.49. The fourth-order valence-corrected chi connectivity index (χ4v) is 12.3. The van der Waals surface area contributed by atoms with E-state index in [1.807, 2.05) is 0 Å². The molecular weight excluding hydrogens is 800 g/mol. The lowest BCUT2D eigenvalue weighted by molar-refractivity contribution is 0.332. The van der Waals surface area contributed by atoms with Gasteiger partial charge < -0.3 is 14.2 Å². The van der Waals surface area contributed by atoms with Crippen LogP contribution in [0.2, 0.25) is 0 Å². The molecule has 0 radical (unpaired) electrons. The number of fused-ring (bicyclic) bond motifs is 8. The summed E-state index contributed by atoms with van der Waals surface area (Å²) in [4.78, 5) is 5.31. The second-order valence-electron chi connectivity index (χ2n) is 27.0. The van der Waals surface area contributed by atoms with E-state index in [2.05, 4.69) is 214 Å². The summed E-state index contributed by atoms with van der Waals surface area (Å²) in [6.07, 6.45) is 4.68. The molecule has 4 aliphatic rings. The summed E-state index contributed by atoms with van der Waals surface area (Å²) < 4.78 is 7.68. The lowest BCUT2D eigenvalue weighted by Crippen LogP contribution is -2.61. The Balaban J connectivity index is 1.39. The highest BCUT2D eigenvalue weighted by atomic mass is 16.3. The molecule has 6 aromatic rings. The predicted octanol–water partition coefficient (Wildman–Crippen LogP) is 15.7. The minimum atomic E-state index is -0.121. The Morgan fingerprint density at radius 3 is 1.44 bits per heavy atom. The van der Waals surface area contributed by atoms with Crippen LogP contribution in [-0.4, -0.2) is 6.71 Å². The topological polar surface area (TPSA) is 19.6 Å². The molecule has 3 nitrogen and oxygen atoms in total. The van der Waals surface area contributed by atoms with Crippen LogP contribution in [0.1, 0.15) is 193 Å². The number of furan rings is 1. The van der Waals surface area contributed by atoms with Crippen LogP contribution in [0.25, 0.3) is 11.0 Å². The zero-order valence-electron chi connectivity index (χ0n) is 44.1. The lowest BCUT2D eigenvalue weighted by Gasteiger charge is -2.46. The normalized spacial score (nSPS) is 19.0. The Morgan fingerprint density at radius 2 is 0.909 bits per heavy atom. The van der Waals surface area contributed by atoms with E-state index in [4.69, 9.17) is 4.42 Å². The number of nitrogens with zero attached hydrogens (tertiary/aromatic N) is 2. The maximum atomic E-state index is 7.68. The van der Waals surface area contributed by atoms with Gasteiger partial charge in [-0.1, -0.05) is 148 Å². The van der Waals surface area contributed by atoms with Crippen LogP contribution in [0.3, 0.4) is 0 Å². The Bertz CT molecular complexity index is 3020. The quantitative estimate of drug-likeness (QED) is 0.161. The Hall–Kier alpha value is -4.70. The molecule has 0 amide bonds. The fraction of sp³-hybridized carbons (Fsp3) is 0.484. The minimum absolute atomic E-state index is 0.0411. The van der Waals surface area contributed by atoms with Gasteiger partial charge in [-0.05, 0) is 181 Å². The molecule has 0 spiro atoms. The standard InChI is InChI=1S/C62H77BN2O/c1-36-28-38(56(3,4)5)20-22-47(36)64-48-23-21-39(57(6,7)8)30-46(48)63-53-50(64)31-40(58(9,10)11)32-51(53)65(49-34-44-42(29-37(49)2)59(12,13)24-26-61(44,16)17)54-41-33-43-45(35-52(41)66-55(54)63)62(18,19)27-25-60(43,14)15/h20-23,28-35H,24-27H2,1-19H3. The average molecular weight is 877 g/mol. The van der Waals surface area contributed by atoms with Crippen LogP contribution in [0.5, 0.6) is 0 Å².